The average molecular weight is 641 g/mol. The number of carbonyl (C=O) groups is 7. The molecule has 1 N–H and O–H groups in total. The number of ketones is 1. The molecular formula is C28H36N2O13S. The molecule has 2 rings (SSSR count). The number of hydrogen-bond donors (Lipinski definition) is 1. The molecule has 0 unspecified atom stereocenters. The van der Waals surface area contributed by atoms with Gasteiger partial charge in [0.2, 0.25) is 10.8 Å². The summed E-state index contributed by atoms with van der Waals surface area (Å²) in [6.07, 6.45) is -5.09. The van der Waals surface area contributed by atoms with Crippen LogP contribution in [0.15, 0.2) is 29.4 Å². The molecule has 0 radical (unpaired) electrons. The lowest BCUT2D eigenvalue weighted by atomic mass is 9.89. The third-order valence-electron chi connectivity index (χ3n) is 5.90. The van der Waals surface area contributed by atoms with E-state index in [9.17, 15) is 33.6 Å². The minimum atomic E-state index is -2.08. The summed E-state index contributed by atoms with van der Waals surface area (Å²) in [7, 11) is 0. The van der Waals surface area contributed by atoms with Crippen molar-refractivity contribution in [1.82, 2.24) is 10.3 Å². The van der Waals surface area contributed by atoms with Crippen LogP contribution in [0.25, 0.3) is 0 Å². The summed E-state index contributed by atoms with van der Waals surface area (Å²) in [5, 5.41) is 2.88. The van der Waals surface area contributed by atoms with Gasteiger partial charge in [-0.05, 0) is 19.1 Å². The van der Waals surface area contributed by atoms with Gasteiger partial charge in [-0.25, -0.2) is 9.78 Å². The Morgan fingerprint density at radius 1 is 0.955 bits per heavy atom. The minimum absolute atomic E-state index is 0.103. The highest BCUT2D eigenvalue weighted by Crippen LogP contribution is 2.45. The quantitative estimate of drug-likeness (QED) is 0.223. The number of carbonyl (C=O) groups excluding carboxylic acids is 7. The highest BCUT2D eigenvalue weighted by molar-refractivity contribution is 8.01. The molecule has 0 spiro atoms. The Balaban J connectivity index is 2.79. The van der Waals surface area contributed by atoms with Crippen LogP contribution in [0.4, 0.5) is 0 Å². The predicted molar refractivity (Wildman–Crippen MR) is 149 cm³/mol. The number of thioether (sulfide) groups is 1. The summed E-state index contributed by atoms with van der Waals surface area (Å²) in [6.45, 7) is 5.90. The Labute approximate surface area is 258 Å². The Bertz CT molecular complexity index is 1230. The first kappa shape index (κ1) is 36.1. The van der Waals surface area contributed by atoms with E-state index in [1.165, 1.54) is 20.0 Å². The molecule has 1 aromatic heterocycles. The fourth-order valence-corrected chi connectivity index (χ4v) is 5.47. The van der Waals surface area contributed by atoms with Gasteiger partial charge in [0.25, 0.3) is 0 Å². The topological polar surface area (TPSA) is 200 Å². The van der Waals surface area contributed by atoms with Crippen molar-refractivity contribution in [3.05, 3.63) is 24.4 Å². The summed E-state index contributed by atoms with van der Waals surface area (Å²) in [4.78, 5) is 88.3. The number of ether oxygens (including phenoxy) is 6. The zero-order valence-corrected chi connectivity index (χ0v) is 26.0. The molecule has 1 aliphatic heterocycles. The van der Waals surface area contributed by atoms with Gasteiger partial charge in [0.05, 0.1) is 17.7 Å². The predicted octanol–water partition coefficient (Wildman–Crippen LogP) is 1.04. The van der Waals surface area contributed by atoms with E-state index < -0.39 is 84.2 Å². The van der Waals surface area contributed by atoms with E-state index in [1.807, 2.05) is 0 Å². The second-order valence-corrected chi connectivity index (χ2v) is 11.1. The molecule has 1 fully saturated rings. The van der Waals surface area contributed by atoms with Crippen molar-refractivity contribution >= 4 is 53.3 Å². The Kier molecular flexibility index (Phi) is 13.7. The first-order valence-corrected chi connectivity index (χ1v) is 14.3. The Morgan fingerprint density at radius 2 is 1.64 bits per heavy atom. The largest absolute Gasteiger partial charge is 0.462 e. The first-order valence-electron chi connectivity index (χ1n) is 13.5. The zero-order valence-electron chi connectivity index (χ0n) is 25.2. The van der Waals surface area contributed by atoms with Crippen molar-refractivity contribution in [3.63, 3.8) is 0 Å². The van der Waals surface area contributed by atoms with Gasteiger partial charge in [-0.1, -0.05) is 17.8 Å². The number of Topliss-reactive ketones (excluding diaryl/α,β-unsaturated/α-hetero) is 1. The van der Waals surface area contributed by atoms with Crippen molar-refractivity contribution in [2.24, 2.45) is 0 Å². The molecule has 15 nitrogen and oxygen atoms in total. The van der Waals surface area contributed by atoms with Crippen molar-refractivity contribution in [2.45, 2.75) is 94.8 Å². The highest BCUT2D eigenvalue weighted by Gasteiger charge is 2.59. The molecule has 1 aromatic rings. The van der Waals surface area contributed by atoms with E-state index >= 15 is 0 Å². The van der Waals surface area contributed by atoms with E-state index in [1.54, 1.807) is 18.2 Å². The number of esters is 5. The summed E-state index contributed by atoms with van der Waals surface area (Å²) in [6, 6.07) is 3.56. The van der Waals surface area contributed by atoms with Crippen LogP contribution in [0.1, 0.15) is 54.4 Å². The third-order valence-corrected chi connectivity index (χ3v) is 7.11. The second kappa shape index (κ2) is 16.7. The Morgan fingerprint density at radius 3 is 2.16 bits per heavy atom. The smallest absolute Gasteiger partial charge is 0.349 e. The maximum absolute atomic E-state index is 13.8. The molecule has 0 saturated carbocycles. The monoisotopic (exact) mass is 640 g/mol. The van der Waals surface area contributed by atoms with Gasteiger partial charge in [0.1, 0.15) is 24.6 Å². The SMILES string of the molecule is CC(=O)CCOC(=O)[C@@]1(Sc2ccccn2)C[C@H](OC(C)=O)[C@@H](NC(C)=O)[C@H]([C@H](OC(C)=O)[C@@H](COC(C)=O)OC(C)=O)O1. The second-order valence-electron chi connectivity index (χ2n) is 9.80. The third kappa shape index (κ3) is 11.2. The van der Waals surface area contributed by atoms with Crippen LogP contribution in [0.3, 0.4) is 0 Å². The molecular weight excluding hydrogens is 604 g/mol. The maximum Gasteiger partial charge on any atom is 0.349 e. The van der Waals surface area contributed by atoms with Gasteiger partial charge >= 0.3 is 29.8 Å². The summed E-state index contributed by atoms with van der Waals surface area (Å²) >= 11 is 0.784. The van der Waals surface area contributed by atoms with Crippen molar-refractivity contribution in [2.75, 3.05) is 13.2 Å². The molecule has 2 heterocycles. The van der Waals surface area contributed by atoms with Crippen LogP contribution in [0, 0.1) is 0 Å². The van der Waals surface area contributed by atoms with E-state index in [0.717, 1.165) is 39.5 Å². The van der Waals surface area contributed by atoms with Crippen LogP contribution in [0.5, 0.6) is 0 Å². The van der Waals surface area contributed by atoms with Crippen LogP contribution >= 0.6 is 11.8 Å². The molecule has 1 aliphatic rings. The summed E-state index contributed by atoms with van der Waals surface area (Å²) in [5.41, 5.74) is 0. The average Bonchev–Trinajstić information content (AvgIpc) is 2.90. The number of hydrogen-bond acceptors (Lipinski definition) is 15. The van der Waals surface area contributed by atoms with E-state index in [0.29, 0.717) is 0 Å². The molecule has 1 saturated heterocycles. The highest BCUT2D eigenvalue weighted by atomic mass is 32.2. The van der Waals surface area contributed by atoms with Gasteiger partial charge in [-0.2, -0.15) is 0 Å². The standard InChI is InChI=1S/C28H36N2O13S/c1-15(31)10-12-38-27(37)28(44-23-9-7-8-11-29-23)13-21(40-18(4)34)24(30-16(2)32)26(43-28)25(42-20(6)36)22(41-19(5)35)14-39-17(3)33/h7-9,11,21-22,24-26H,10,12-14H2,1-6H3,(H,30,32)/t21-,22+,24+,25+,26+,28-/m0/s1. The lowest BCUT2D eigenvalue weighted by molar-refractivity contribution is -0.224. The number of nitrogens with one attached hydrogen (secondary N) is 1. The molecule has 242 valence electrons. The molecule has 6 atom stereocenters. The summed E-state index contributed by atoms with van der Waals surface area (Å²) < 4.78 is 33.4. The van der Waals surface area contributed by atoms with Gasteiger partial charge in [0, 0.05) is 53.7 Å². The van der Waals surface area contributed by atoms with Gasteiger partial charge in [-0.3, -0.25) is 28.8 Å². The van der Waals surface area contributed by atoms with Crippen LogP contribution < -0.4 is 5.32 Å². The molecule has 0 aromatic carbocycles. The normalized spacial score (nSPS) is 22.4. The van der Waals surface area contributed by atoms with Gasteiger partial charge in [-0.15, -0.1) is 0 Å². The molecule has 1 amide bonds. The van der Waals surface area contributed by atoms with Crippen LogP contribution in [-0.2, 0) is 62.0 Å². The van der Waals surface area contributed by atoms with Crippen molar-refractivity contribution in [1.29, 1.82) is 0 Å². The molecule has 16 heteroatoms. The lowest BCUT2D eigenvalue weighted by Gasteiger charge is -2.48. The van der Waals surface area contributed by atoms with Crippen LogP contribution in [0.2, 0.25) is 0 Å². The van der Waals surface area contributed by atoms with Gasteiger partial charge < -0.3 is 33.7 Å². The zero-order chi connectivity index (χ0) is 33.0. The number of aromatic nitrogens is 1. The Hall–Kier alpha value is -4.05. The van der Waals surface area contributed by atoms with Gasteiger partial charge in [0.15, 0.2) is 12.2 Å². The fourth-order valence-electron chi connectivity index (χ4n) is 4.32. The number of amides is 1. The number of rotatable bonds is 14. The number of nitrogens with zero attached hydrogens (tertiary/aromatic N) is 1. The molecule has 0 bridgehead atoms. The van der Waals surface area contributed by atoms with Crippen LogP contribution in [-0.4, -0.2) is 95.1 Å². The maximum atomic E-state index is 13.8. The minimum Gasteiger partial charge on any atom is -0.462 e. The van der Waals surface area contributed by atoms with Crippen molar-refractivity contribution in [3.8, 4) is 0 Å². The fraction of sp³-hybridized carbons (Fsp3) is 0.571. The summed E-state index contributed by atoms with van der Waals surface area (Å²) in [5.74, 6) is -5.13. The van der Waals surface area contributed by atoms with Crippen molar-refractivity contribution < 1.29 is 62.0 Å². The lowest BCUT2D eigenvalue weighted by Crippen LogP contribution is -2.68. The van der Waals surface area contributed by atoms with E-state index in [2.05, 4.69) is 10.3 Å². The number of pyridine rings is 1. The molecule has 44 heavy (non-hydrogen) atoms. The first-order chi connectivity index (χ1) is 20.6. The molecule has 0 aliphatic carbocycles. The van der Waals surface area contributed by atoms with E-state index in [4.69, 9.17) is 28.4 Å². The van der Waals surface area contributed by atoms with E-state index in [-0.39, 0.29) is 23.8 Å².